The molecule has 0 aliphatic heterocycles. The second-order valence-corrected chi connectivity index (χ2v) is 5.56. The van der Waals surface area contributed by atoms with Crippen LogP contribution < -0.4 is 5.73 Å². The molecule has 1 aromatic carbocycles. The van der Waals surface area contributed by atoms with E-state index in [1.165, 1.54) is 11.9 Å². The summed E-state index contributed by atoms with van der Waals surface area (Å²) in [5.41, 5.74) is 11.1. The molecule has 2 N–H and O–H groups in total. The van der Waals surface area contributed by atoms with Gasteiger partial charge in [-0.3, -0.25) is 4.98 Å². The number of benzene rings is 1. The number of rotatable bonds is 3. The average molecular weight is 319 g/mol. The van der Waals surface area contributed by atoms with Gasteiger partial charge in [-0.25, -0.2) is 4.98 Å². The number of nitrogen functional groups attached to an aromatic ring is 1. The maximum Gasteiger partial charge on any atom is 0.235 e. The highest BCUT2D eigenvalue weighted by molar-refractivity contribution is 5.93. The van der Waals surface area contributed by atoms with E-state index in [2.05, 4.69) is 50.6 Å². The third-order valence-corrected chi connectivity index (χ3v) is 4.15. The SMILES string of the molecule is CCn1c(-n2ncnc2N)nc2cncc(-c3ccccc3C)c21. The van der Waals surface area contributed by atoms with Crippen LogP contribution >= 0.6 is 0 Å². The molecular formula is C17H17N7. The first-order chi connectivity index (χ1) is 11.7. The Bertz CT molecular complexity index is 1030. The molecule has 0 spiro atoms. The predicted molar refractivity (Wildman–Crippen MR) is 92.7 cm³/mol. The van der Waals surface area contributed by atoms with Crippen LogP contribution in [0, 0.1) is 6.92 Å². The van der Waals surface area contributed by atoms with Crippen LogP contribution in [0.2, 0.25) is 0 Å². The Balaban J connectivity index is 2.06. The van der Waals surface area contributed by atoms with E-state index in [1.54, 1.807) is 10.9 Å². The summed E-state index contributed by atoms with van der Waals surface area (Å²) in [7, 11) is 0. The van der Waals surface area contributed by atoms with Crippen LogP contribution in [0.15, 0.2) is 43.0 Å². The van der Waals surface area contributed by atoms with E-state index in [0.29, 0.717) is 11.9 Å². The number of aromatic nitrogens is 6. The van der Waals surface area contributed by atoms with Gasteiger partial charge in [0.25, 0.3) is 0 Å². The smallest absolute Gasteiger partial charge is 0.235 e. The molecular weight excluding hydrogens is 302 g/mol. The van der Waals surface area contributed by atoms with Crippen LogP contribution in [-0.4, -0.2) is 29.3 Å². The summed E-state index contributed by atoms with van der Waals surface area (Å²) in [5.74, 6) is 0.954. The second-order valence-electron chi connectivity index (χ2n) is 5.56. The molecule has 24 heavy (non-hydrogen) atoms. The van der Waals surface area contributed by atoms with Gasteiger partial charge in [-0.15, -0.1) is 0 Å². The fourth-order valence-electron chi connectivity index (χ4n) is 3.01. The third kappa shape index (κ3) is 2.05. The first-order valence-electron chi connectivity index (χ1n) is 7.76. The van der Waals surface area contributed by atoms with Crippen LogP contribution in [0.3, 0.4) is 0 Å². The van der Waals surface area contributed by atoms with Crippen molar-refractivity contribution in [2.24, 2.45) is 0 Å². The predicted octanol–water partition coefficient (Wildman–Crippen LogP) is 2.59. The van der Waals surface area contributed by atoms with Crippen molar-refractivity contribution in [2.75, 3.05) is 5.73 Å². The second kappa shape index (κ2) is 5.45. The molecule has 4 rings (SSSR count). The molecule has 0 amide bonds. The standard InChI is InChI=1S/C17H17N7/c1-3-23-15-13(12-7-5-4-6-11(12)2)8-19-9-14(15)22-17(23)24-16(18)20-10-21-24/h4-10H,3H2,1-2H3,(H2,18,20,21). The molecule has 0 saturated heterocycles. The summed E-state index contributed by atoms with van der Waals surface area (Å²) in [6.45, 7) is 4.89. The Kier molecular flexibility index (Phi) is 3.26. The van der Waals surface area contributed by atoms with E-state index in [-0.39, 0.29) is 0 Å². The number of hydrogen-bond donors (Lipinski definition) is 1. The minimum absolute atomic E-state index is 0.311. The van der Waals surface area contributed by atoms with Crippen molar-refractivity contribution in [3.63, 3.8) is 0 Å². The summed E-state index contributed by atoms with van der Waals surface area (Å²) < 4.78 is 3.63. The summed E-state index contributed by atoms with van der Waals surface area (Å²) in [5, 5.41) is 4.19. The summed E-state index contributed by atoms with van der Waals surface area (Å²) in [6.07, 6.45) is 5.07. The van der Waals surface area contributed by atoms with Gasteiger partial charge in [0.05, 0.1) is 11.7 Å². The van der Waals surface area contributed by atoms with E-state index in [9.17, 15) is 0 Å². The number of pyridine rings is 1. The molecule has 0 bridgehead atoms. The Labute approximate surface area is 138 Å². The third-order valence-electron chi connectivity index (χ3n) is 4.15. The number of nitrogens with two attached hydrogens (primary N) is 1. The highest BCUT2D eigenvalue weighted by Crippen LogP contribution is 2.31. The van der Waals surface area contributed by atoms with Crippen molar-refractivity contribution < 1.29 is 0 Å². The molecule has 4 aromatic rings. The topological polar surface area (TPSA) is 87.4 Å². The van der Waals surface area contributed by atoms with Gasteiger partial charge < -0.3 is 10.3 Å². The van der Waals surface area contributed by atoms with Crippen LogP contribution in [0.5, 0.6) is 0 Å². The molecule has 0 saturated carbocycles. The Morgan fingerprint density at radius 1 is 1.12 bits per heavy atom. The van der Waals surface area contributed by atoms with Crippen LogP contribution in [0.25, 0.3) is 28.1 Å². The van der Waals surface area contributed by atoms with Gasteiger partial charge >= 0.3 is 0 Å². The lowest BCUT2D eigenvalue weighted by atomic mass is 10.0. The van der Waals surface area contributed by atoms with Crippen molar-refractivity contribution in [3.8, 4) is 17.1 Å². The first-order valence-corrected chi connectivity index (χ1v) is 7.76. The zero-order valence-electron chi connectivity index (χ0n) is 13.5. The Morgan fingerprint density at radius 3 is 2.67 bits per heavy atom. The lowest BCUT2D eigenvalue weighted by Gasteiger charge is -2.11. The molecule has 3 aromatic heterocycles. The number of anilines is 1. The quantitative estimate of drug-likeness (QED) is 0.627. The van der Waals surface area contributed by atoms with E-state index in [0.717, 1.165) is 28.7 Å². The zero-order chi connectivity index (χ0) is 16.7. The number of imidazole rings is 1. The molecule has 7 heteroatoms. The van der Waals surface area contributed by atoms with Gasteiger partial charge in [0.1, 0.15) is 11.8 Å². The van der Waals surface area contributed by atoms with Gasteiger partial charge in [0, 0.05) is 18.3 Å². The Hall–Kier alpha value is -3.22. The first kappa shape index (κ1) is 14.4. The minimum Gasteiger partial charge on any atom is -0.368 e. The van der Waals surface area contributed by atoms with Crippen molar-refractivity contribution in [2.45, 2.75) is 20.4 Å². The maximum absolute atomic E-state index is 5.91. The van der Waals surface area contributed by atoms with E-state index in [4.69, 9.17) is 5.73 Å². The summed E-state index contributed by atoms with van der Waals surface area (Å²) in [4.78, 5) is 13.0. The lowest BCUT2D eigenvalue weighted by Crippen LogP contribution is -2.10. The molecule has 7 nitrogen and oxygen atoms in total. The molecule has 0 unspecified atom stereocenters. The van der Waals surface area contributed by atoms with Crippen LogP contribution in [0.4, 0.5) is 5.95 Å². The lowest BCUT2D eigenvalue weighted by molar-refractivity contribution is 0.706. The number of fused-ring (bicyclic) bond motifs is 1. The number of hydrogen-bond acceptors (Lipinski definition) is 5. The van der Waals surface area contributed by atoms with Gasteiger partial charge in [-0.1, -0.05) is 24.3 Å². The fourth-order valence-corrected chi connectivity index (χ4v) is 3.01. The van der Waals surface area contributed by atoms with Gasteiger partial charge in [-0.2, -0.15) is 14.8 Å². The molecule has 0 aliphatic carbocycles. The van der Waals surface area contributed by atoms with Crippen molar-refractivity contribution in [1.82, 2.24) is 29.3 Å². The molecule has 0 fully saturated rings. The average Bonchev–Trinajstić information content (AvgIpc) is 3.17. The highest BCUT2D eigenvalue weighted by atomic mass is 15.4. The van der Waals surface area contributed by atoms with Gasteiger partial charge in [0.2, 0.25) is 11.9 Å². The van der Waals surface area contributed by atoms with E-state index < -0.39 is 0 Å². The fraction of sp³-hybridized carbons (Fsp3) is 0.176. The molecule has 0 aliphatic rings. The zero-order valence-corrected chi connectivity index (χ0v) is 13.5. The molecule has 3 heterocycles. The van der Waals surface area contributed by atoms with Crippen LogP contribution in [-0.2, 0) is 6.54 Å². The monoisotopic (exact) mass is 319 g/mol. The molecule has 0 atom stereocenters. The normalized spacial score (nSPS) is 11.2. The largest absolute Gasteiger partial charge is 0.368 e. The van der Waals surface area contributed by atoms with Crippen molar-refractivity contribution >= 4 is 17.0 Å². The van der Waals surface area contributed by atoms with Crippen molar-refractivity contribution in [1.29, 1.82) is 0 Å². The van der Waals surface area contributed by atoms with Gasteiger partial charge in [0.15, 0.2) is 0 Å². The molecule has 0 radical (unpaired) electrons. The Morgan fingerprint density at radius 2 is 1.96 bits per heavy atom. The van der Waals surface area contributed by atoms with Crippen molar-refractivity contribution in [3.05, 3.63) is 48.5 Å². The van der Waals surface area contributed by atoms with E-state index >= 15 is 0 Å². The molecule has 120 valence electrons. The van der Waals surface area contributed by atoms with E-state index in [1.807, 2.05) is 18.3 Å². The number of aryl methyl sites for hydroxylation is 2. The van der Waals surface area contributed by atoms with Gasteiger partial charge in [-0.05, 0) is 25.0 Å². The highest BCUT2D eigenvalue weighted by Gasteiger charge is 2.18. The number of nitrogens with zero attached hydrogens (tertiary/aromatic N) is 6. The van der Waals surface area contributed by atoms with Crippen LogP contribution in [0.1, 0.15) is 12.5 Å². The minimum atomic E-state index is 0.311. The summed E-state index contributed by atoms with van der Waals surface area (Å²) in [6, 6.07) is 8.26. The summed E-state index contributed by atoms with van der Waals surface area (Å²) >= 11 is 0. The maximum atomic E-state index is 5.91.